The van der Waals surface area contributed by atoms with Crippen molar-refractivity contribution in [1.82, 2.24) is 20.1 Å². The first kappa shape index (κ1) is 15.5. The molecular weight excluding hydrogens is 281 g/mol. The van der Waals surface area contributed by atoms with Gasteiger partial charge in [-0.25, -0.2) is 0 Å². The summed E-state index contributed by atoms with van der Waals surface area (Å²) in [5.74, 6) is 0. The third-order valence-electron chi connectivity index (χ3n) is 2.88. The molecule has 2 aromatic heterocycles. The van der Waals surface area contributed by atoms with Crippen molar-refractivity contribution in [1.29, 1.82) is 0 Å². The van der Waals surface area contributed by atoms with E-state index in [9.17, 15) is 13.2 Å². The van der Waals surface area contributed by atoms with Crippen LogP contribution in [0.4, 0.5) is 13.2 Å². The van der Waals surface area contributed by atoms with Crippen LogP contribution in [0, 0.1) is 0 Å². The molecule has 0 aliphatic heterocycles. The highest BCUT2D eigenvalue weighted by atomic mass is 19.4. The zero-order chi connectivity index (χ0) is 15.5. The van der Waals surface area contributed by atoms with Crippen molar-refractivity contribution in [2.24, 2.45) is 0 Å². The molecule has 0 amide bonds. The van der Waals surface area contributed by atoms with Crippen LogP contribution in [-0.4, -0.2) is 20.8 Å². The average Bonchev–Trinajstić information content (AvgIpc) is 2.86. The van der Waals surface area contributed by atoms with Gasteiger partial charge in [-0.3, -0.25) is 9.67 Å². The molecule has 0 atom stereocenters. The lowest BCUT2D eigenvalue weighted by molar-refractivity contribution is -0.137. The minimum Gasteiger partial charge on any atom is -0.310 e. The molecule has 1 N–H and O–H groups in total. The Bertz CT molecular complexity index is 573. The van der Waals surface area contributed by atoms with Crippen molar-refractivity contribution in [3.05, 3.63) is 47.5 Å². The summed E-state index contributed by atoms with van der Waals surface area (Å²) in [6, 6.07) is 4.09. The van der Waals surface area contributed by atoms with Crippen molar-refractivity contribution >= 4 is 0 Å². The van der Waals surface area contributed by atoms with Crippen molar-refractivity contribution in [3.8, 4) is 0 Å². The molecule has 0 aromatic carbocycles. The molecule has 0 fully saturated rings. The molecule has 0 unspecified atom stereocenters. The predicted octanol–water partition coefficient (Wildman–Crippen LogP) is 2.84. The fourth-order valence-electron chi connectivity index (χ4n) is 1.74. The predicted molar refractivity (Wildman–Crippen MR) is 72.5 cm³/mol. The summed E-state index contributed by atoms with van der Waals surface area (Å²) in [6.45, 7) is 5.04. The average molecular weight is 298 g/mol. The highest BCUT2D eigenvalue weighted by molar-refractivity contribution is 5.15. The summed E-state index contributed by atoms with van der Waals surface area (Å²) in [5, 5.41) is 6.97. The van der Waals surface area contributed by atoms with E-state index in [4.69, 9.17) is 0 Å². The number of alkyl halides is 3. The van der Waals surface area contributed by atoms with Crippen molar-refractivity contribution in [2.45, 2.75) is 39.2 Å². The Morgan fingerprint density at radius 1 is 1.24 bits per heavy atom. The van der Waals surface area contributed by atoms with Crippen molar-refractivity contribution in [3.63, 3.8) is 0 Å². The van der Waals surface area contributed by atoms with Gasteiger partial charge in [0.2, 0.25) is 0 Å². The Balaban J connectivity index is 1.98. The standard InChI is InChI=1S/C14H17F3N4/c1-10(2)18-5-11-3-4-13(19-6-11)9-21-8-12(7-20-21)14(15,16)17/h3-4,6-8,10,18H,5,9H2,1-2H3. The SMILES string of the molecule is CC(C)NCc1ccc(Cn2cc(C(F)(F)F)cn2)nc1. The Morgan fingerprint density at radius 3 is 2.52 bits per heavy atom. The maximum absolute atomic E-state index is 12.5. The maximum atomic E-state index is 12.5. The second-order valence-corrected chi connectivity index (χ2v) is 5.12. The van der Waals surface area contributed by atoms with Gasteiger partial charge in [-0.05, 0) is 11.6 Å². The molecule has 2 aromatic rings. The van der Waals surface area contributed by atoms with E-state index >= 15 is 0 Å². The van der Waals surface area contributed by atoms with E-state index < -0.39 is 11.7 Å². The van der Waals surface area contributed by atoms with Gasteiger partial charge >= 0.3 is 6.18 Å². The van der Waals surface area contributed by atoms with Gasteiger partial charge in [-0.2, -0.15) is 18.3 Å². The molecule has 0 radical (unpaired) electrons. The highest BCUT2D eigenvalue weighted by Gasteiger charge is 2.32. The molecule has 0 bridgehead atoms. The van der Waals surface area contributed by atoms with Gasteiger partial charge in [0, 0.05) is 25.0 Å². The van der Waals surface area contributed by atoms with E-state index in [1.54, 1.807) is 12.3 Å². The third kappa shape index (κ3) is 4.56. The maximum Gasteiger partial charge on any atom is 0.419 e. The summed E-state index contributed by atoms with van der Waals surface area (Å²) in [7, 11) is 0. The quantitative estimate of drug-likeness (QED) is 0.923. The molecule has 0 saturated heterocycles. The molecule has 2 rings (SSSR count). The van der Waals surface area contributed by atoms with Crippen LogP contribution in [0.15, 0.2) is 30.7 Å². The number of hydrogen-bond acceptors (Lipinski definition) is 3. The summed E-state index contributed by atoms with van der Waals surface area (Å²) < 4.78 is 38.6. The normalized spacial score (nSPS) is 12.1. The molecule has 4 nitrogen and oxygen atoms in total. The number of hydrogen-bond donors (Lipinski definition) is 1. The Morgan fingerprint density at radius 2 is 2.00 bits per heavy atom. The van der Waals surface area contributed by atoms with Gasteiger partial charge in [0.15, 0.2) is 0 Å². The van der Waals surface area contributed by atoms with Crippen LogP contribution in [0.5, 0.6) is 0 Å². The molecule has 0 spiro atoms. The first-order chi connectivity index (χ1) is 9.84. The van der Waals surface area contributed by atoms with E-state index in [2.05, 4.69) is 29.2 Å². The summed E-state index contributed by atoms with van der Waals surface area (Å²) in [5.41, 5.74) is 0.948. The topological polar surface area (TPSA) is 42.7 Å². The second-order valence-electron chi connectivity index (χ2n) is 5.12. The Kier molecular flexibility index (Phi) is 4.62. The van der Waals surface area contributed by atoms with Crippen molar-refractivity contribution in [2.75, 3.05) is 0 Å². The summed E-state index contributed by atoms with van der Waals surface area (Å²) in [4.78, 5) is 4.24. The van der Waals surface area contributed by atoms with Crippen LogP contribution < -0.4 is 5.32 Å². The largest absolute Gasteiger partial charge is 0.419 e. The van der Waals surface area contributed by atoms with Crippen LogP contribution >= 0.6 is 0 Å². The van der Waals surface area contributed by atoms with Gasteiger partial charge in [0.25, 0.3) is 0 Å². The van der Waals surface area contributed by atoms with Crippen molar-refractivity contribution < 1.29 is 13.2 Å². The zero-order valence-corrected chi connectivity index (χ0v) is 11.9. The second kappa shape index (κ2) is 6.26. The van der Waals surface area contributed by atoms with Crippen LogP contribution in [0.1, 0.15) is 30.7 Å². The van der Waals surface area contributed by atoms with Crippen LogP contribution in [0.3, 0.4) is 0 Å². The van der Waals surface area contributed by atoms with E-state index in [0.29, 0.717) is 18.3 Å². The third-order valence-corrected chi connectivity index (χ3v) is 2.88. The first-order valence-electron chi connectivity index (χ1n) is 6.61. The van der Waals surface area contributed by atoms with Crippen LogP contribution in [-0.2, 0) is 19.3 Å². The number of pyridine rings is 1. The van der Waals surface area contributed by atoms with E-state index in [1.807, 2.05) is 6.07 Å². The van der Waals surface area contributed by atoms with Gasteiger partial charge in [0.05, 0.1) is 24.0 Å². The fourth-order valence-corrected chi connectivity index (χ4v) is 1.74. The minimum atomic E-state index is -4.36. The van der Waals surface area contributed by atoms with E-state index in [1.165, 1.54) is 4.68 Å². The van der Waals surface area contributed by atoms with Gasteiger partial charge in [-0.15, -0.1) is 0 Å². The number of aromatic nitrogens is 3. The number of rotatable bonds is 5. The number of nitrogens with one attached hydrogen (secondary N) is 1. The molecule has 0 saturated carbocycles. The molecule has 0 aliphatic rings. The number of nitrogens with zero attached hydrogens (tertiary/aromatic N) is 3. The molecule has 2 heterocycles. The molecule has 0 aliphatic carbocycles. The van der Waals surface area contributed by atoms with E-state index in [0.717, 1.165) is 18.0 Å². The first-order valence-corrected chi connectivity index (χ1v) is 6.61. The fraction of sp³-hybridized carbons (Fsp3) is 0.429. The van der Waals surface area contributed by atoms with Crippen LogP contribution in [0.2, 0.25) is 0 Å². The monoisotopic (exact) mass is 298 g/mol. The Hall–Kier alpha value is -1.89. The Labute approximate surface area is 121 Å². The number of halogens is 3. The van der Waals surface area contributed by atoms with E-state index in [-0.39, 0.29) is 6.54 Å². The lowest BCUT2D eigenvalue weighted by Crippen LogP contribution is -2.21. The lowest BCUT2D eigenvalue weighted by Gasteiger charge is -2.08. The molecule has 7 heteroatoms. The molecule has 114 valence electrons. The summed E-state index contributed by atoms with van der Waals surface area (Å²) >= 11 is 0. The molecule has 21 heavy (non-hydrogen) atoms. The highest BCUT2D eigenvalue weighted by Crippen LogP contribution is 2.28. The van der Waals surface area contributed by atoms with Gasteiger partial charge < -0.3 is 5.32 Å². The van der Waals surface area contributed by atoms with Gasteiger partial charge in [-0.1, -0.05) is 19.9 Å². The lowest BCUT2D eigenvalue weighted by atomic mass is 10.2. The zero-order valence-electron chi connectivity index (χ0n) is 11.9. The minimum absolute atomic E-state index is 0.216. The smallest absolute Gasteiger partial charge is 0.310 e. The van der Waals surface area contributed by atoms with Gasteiger partial charge in [0.1, 0.15) is 0 Å². The molecular formula is C14H17F3N4. The summed E-state index contributed by atoms with van der Waals surface area (Å²) in [6.07, 6.45) is -0.840. The van der Waals surface area contributed by atoms with Crippen LogP contribution in [0.25, 0.3) is 0 Å².